The minimum absolute atomic E-state index is 0.500. The highest BCUT2D eigenvalue weighted by Crippen LogP contribution is 2.24. The molecule has 2 aromatic rings. The van der Waals surface area contributed by atoms with Crippen molar-refractivity contribution in [3.05, 3.63) is 70.1 Å². The predicted octanol–water partition coefficient (Wildman–Crippen LogP) is 5.92. The van der Waals surface area contributed by atoms with E-state index in [2.05, 4.69) is 45.0 Å². The van der Waals surface area contributed by atoms with Crippen LogP contribution in [-0.4, -0.2) is 73.5 Å². The van der Waals surface area contributed by atoms with Gasteiger partial charge in [0, 0.05) is 72.9 Å². The highest BCUT2D eigenvalue weighted by atomic mass is 35.5. The molecule has 4 rings (SSSR count). The largest absolute Gasteiger partial charge is 0.374 e. The van der Waals surface area contributed by atoms with Crippen LogP contribution in [0.4, 0.5) is 11.4 Å². The van der Waals surface area contributed by atoms with Gasteiger partial charge < -0.3 is 25.3 Å². The molecule has 2 N–H and O–H groups in total. The summed E-state index contributed by atoms with van der Waals surface area (Å²) in [6.07, 6.45) is 11.0. The third-order valence-corrected chi connectivity index (χ3v) is 8.43. The summed E-state index contributed by atoms with van der Waals surface area (Å²) in [4.78, 5) is 18.5. The first kappa shape index (κ1) is 28.9. The molecule has 9 heteroatoms. The molecule has 2 aliphatic heterocycles. The summed E-state index contributed by atoms with van der Waals surface area (Å²) in [7, 11) is 0. The van der Waals surface area contributed by atoms with Crippen molar-refractivity contribution in [3.8, 4) is 0 Å². The first-order chi connectivity index (χ1) is 18.6. The summed E-state index contributed by atoms with van der Waals surface area (Å²) in [5.74, 6) is 2.32. The number of anilines is 2. The number of nitrogens with zero attached hydrogens (tertiary/aromatic N) is 3. The second-order valence-electron chi connectivity index (χ2n) is 9.95. The first-order valence-electron chi connectivity index (χ1n) is 13.5. The lowest BCUT2D eigenvalue weighted by atomic mass is 10.1. The van der Waals surface area contributed by atoms with Gasteiger partial charge in [0.1, 0.15) is 5.82 Å². The van der Waals surface area contributed by atoms with E-state index in [1.807, 2.05) is 36.0 Å². The Morgan fingerprint density at radius 3 is 2.63 bits per heavy atom. The number of thioether (sulfide) groups is 1. The maximum Gasteiger partial charge on any atom is 0.214 e. The normalized spacial score (nSPS) is 18.4. The van der Waals surface area contributed by atoms with Gasteiger partial charge in [-0.25, -0.2) is 0 Å². The number of carbonyl (C=O) groups excluding carboxylic acids is 1. The smallest absolute Gasteiger partial charge is 0.214 e. The van der Waals surface area contributed by atoms with E-state index in [0.29, 0.717) is 29.1 Å². The van der Waals surface area contributed by atoms with Gasteiger partial charge in [-0.15, -0.1) is 0 Å². The lowest BCUT2D eigenvalue weighted by molar-refractivity contribution is -0.107. The van der Waals surface area contributed by atoms with Gasteiger partial charge in [0.2, 0.25) is 6.41 Å². The molecule has 1 amide bonds. The average molecular weight is 577 g/mol. The number of likely N-dealkylation sites (tertiary alicyclic amines) is 1. The van der Waals surface area contributed by atoms with E-state index in [1.165, 1.54) is 31.4 Å². The van der Waals surface area contributed by atoms with Crippen molar-refractivity contribution in [1.82, 2.24) is 15.1 Å². The third kappa shape index (κ3) is 8.47. The zero-order valence-electron chi connectivity index (χ0n) is 22.2. The molecule has 2 aliphatic rings. The summed E-state index contributed by atoms with van der Waals surface area (Å²) < 4.78 is 0. The molecule has 6 nitrogen and oxygen atoms in total. The van der Waals surface area contributed by atoms with Gasteiger partial charge in [-0.2, -0.15) is 11.8 Å². The number of benzene rings is 2. The average Bonchev–Trinajstić information content (AvgIpc) is 2.94. The predicted molar refractivity (Wildman–Crippen MR) is 164 cm³/mol. The summed E-state index contributed by atoms with van der Waals surface area (Å²) in [5, 5.41) is 8.62. The van der Waals surface area contributed by atoms with Crippen molar-refractivity contribution in [2.75, 3.05) is 61.5 Å². The highest BCUT2D eigenvalue weighted by Gasteiger charge is 2.22. The zero-order valence-corrected chi connectivity index (χ0v) is 24.5. The van der Waals surface area contributed by atoms with E-state index in [0.717, 1.165) is 61.9 Å². The summed E-state index contributed by atoms with van der Waals surface area (Å²) >= 11 is 14.2. The summed E-state index contributed by atoms with van der Waals surface area (Å²) in [5.41, 5.74) is 2.85. The molecule has 0 saturated carbocycles. The van der Waals surface area contributed by atoms with Crippen molar-refractivity contribution in [1.29, 1.82) is 0 Å². The van der Waals surface area contributed by atoms with Gasteiger partial charge in [-0.1, -0.05) is 29.3 Å². The minimum Gasteiger partial charge on any atom is -0.374 e. The molecular weight excluding hydrogens is 537 g/mol. The van der Waals surface area contributed by atoms with Crippen LogP contribution in [0.15, 0.2) is 54.5 Å². The van der Waals surface area contributed by atoms with Crippen molar-refractivity contribution >= 4 is 52.7 Å². The lowest BCUT2D eigenvalue weighted by Gasteiger charge is -2.38. The van der Waals surface area contributed by atoms with Crippen LogP contribution in [0, 0.1) is 0 Å². The van der Waals surface area contributed by atoms with Gasteiger partial charge in [0.25, 0.3) is 0 Å². The fourth-order valence-corrected chi connectivity index (χ4v) is 6.03. The number of halogens is 2. The number of hydrogen-bond donors (Lipinski definition) is 2. The molecule has 38 heavy (non-hydrogen) atoms. The van der Waals surface area contributed by atoms with Crippen LogP contribution in [0.25, 0.3) is 0 Å². The van der Waals surface area contributed by atoms with Gasteiger partial charge in [0.05, 0.1) is 0 Å². The number of nitrogens with one attached hydrogen (secondary N) is 2. The maximum absolute atomic E-state index is 11.9. The van der Waals surface area contributed by atoms with Crippen LogP contribution in [0.1, 0.15) is 31.2 Å². The first-order valence-corrected chi connectivity index (χ1v) is 15.7. The SMILES string of the molecule is CSCC[C@H]1CN(/C(=C\N2CCCCC2)Nc2ccc(N(C=O)CCc3ccc(Cl)cc3Cl)cc2)CCN1. The van der Waals surface area contributed by atoms with E-state index in [4.69, 9.17) is 23.2 Å². The van der Waals surface area contributed by atoms with Crippen LogP contribution >= 0.6 is 35.0 Å². The Bertz CT molecular complexity index is 1060. The third-order valence-electron chi connectivity index (χ3n) is 7.20. The number of rotatable bonds is 12. The van der Waals surface area contributed by atoms with Crippen molar-refractivity contribution in [3.63, 3.8) is 0 Å². The molecule has 0 spiro atoms. The van der Waals surface area contributed by atoms with Crippen molar-refractivity contribution in [2.45, 2.75) is 38.1 Å². The quantitative estimate of drug-likeness (QED) is 0.306. The molecular formula is C29H39Cl2N5OS. The zero-order chi connectivity index (χ0) is 26.7. The van der Waals surface area contributed by atoms with Crippen molar-refractivity contribution < 1.29 is 4.79 Å². The monoisotopic (exact) mass is 575 g/mol. The highest BCUT2D eigenvalue weighted by molar-refractivity contribution is 7.98. The molecule has 1 atom stereocenters. The molecule has 2 aromatic carbocycles. The number of piperidine rings is 1. The molecule has 0 aliphatic carbocycles. The Labute approximate surface area is 241 Å². The molecule has 2 heterocycles. The molecule has 2 fully saturated rings. The number of carbonyl (C=O) groups is 1. The Morgan fingerprint density at radius 2 is 1.92 bits per heavy atom. The molecule has 0 radical (unpaired) electrons. The van der Waals surface area contributed by atoms with Crippen LogP contribution in [0.5, 0.6) is 0 Å². The summed E-state index contributed by atoms with van der Waals surface area (Å²) in [6, 6.07) is 14.1. The summed E-state index contributed by atoms with van der Waals surface area (Å²) in [6.45, 7) is 5.72. The van der Waals surface area contributed by atoms with E-state index in [-0.39, 0.29) is 0 Å². The van der Waals surface area contributed by atoms with Gasteiger partial charge in [-0.3, -0.25) is 4.79 Å². The van der Waals surface area contributed by atoms with E-state index < -0.39 is 0 Å². The van der Waals surface area contributed by atoms with Crippen LogP contribution < -0.4 is 15.5 Å². The lowest BCUT2D eigenvalue weighted by Crippen LogP contribution is -2.51. The molecule has 0 bridgehead atoms. The molecule has 206 valence electrons. The standard InChI is InChI=1S/C29H39Cl2N5OS/c1-38-18-12-26-20-35(17-13-32-26)29(21-34-14-3-2-4-15-34)33-25-7-9-27(10-8-25)36(22-37)16-11-23-5-6-24(30)19-28(23)31/h5-10,19,21-22,26,32-33H,2-4,11-18,20H2,1H3/b29-21-/t26-/m0/s1. The van der Waals surface area contributed by atoms with Crippen LogP contribution in [-0.2, 0) is 11.2 Å². The number of hydrogen-bond acceptors (Lipinski definition) is 6. The van der Waals surface area contributed by atoms with Gasteiger partial charge >= 0.3 is 0 Å². The molecule has 0 aromatic heterocycles. The molecule has 0 unspecified atom stereocenters. The topological polar surface area (TPSA) is 50.9 Å². The second-order valence-corrected chi connectivity index (χ2v) is 11.8. The second kappa shape index (κ2) is 14.9. The van der Waals surface area contributed by atoms with Gasteiger partial charge in [-0.05, 0) is 86.1 Å². The molecule has 2 saturated heterocycles. The Balaban J connectivity index is 1.43. The number of piperazine rings is 1. The van der Waals surface area contributed by atoms with E-state index >= 15 is 0 Å². The Hall–Kier alpha value is -2.06. The Morgan fingerprint density at radius 1 is 1.13 bits per heavy atom. The van der Waals surface area contributed by atoms with Gasteiger partial charge in [0.15, 0.2) is 0 Å². The van der Waals surface area contributed by atoms with E-state index in [1.54, 1.807) is 11.0 Å². The van der Waals surface area contributed by atoms with Crippen LogP contribution in [0.2, 0.25) is 10.0 Å². The van der Waals surface area contributed by atoms with Crippen LogP contribution in [0.3, 0.4) is 0 Å². The fraction of sp³-hybridized carbons (Fsp3) is 0.483. The van der Waals surface area contributed by atoms with E-state index in [9.17, 15) is 4.79 Å². The van der Waals surface area contributed by atoms with Crippen molar-refractivity contribution in [2.24, 2.45) is 0 Å². The number of amides is 1. The minimum atomic E-state index is 0.500. The Kier molecular flexibility index (Phi) is 11.4. The maximum atomic E-state index is 11.9. The fourth-order valence-electron chi connectivity index (χ4n) is 5.00.